The zero-order valence-electron chi connectivity index (χ0n) is 21.8. The molecule has 4 saturated carbocycles. The number of hydrogen-bond acceptors (Lipinski definition) is 2. The summed E-state index contributed by atoms with van der Waals surface area (Å²) in [5.41, 5.74) is 2.48. The van der Waals surface area contributed by atoms with E-state index in [1.54, 1.807) is 0 Å². The highest BCUT2D eigenvalue weighted by Gasteiger charge is 2.69. The molecule has 5 aliphatic rings. The van der Waals surface area contributed by atoms with Gasteiger partial charge in [-0.3, -0.25) is 4.79 Å². The molecule has 4 fully saturated rings. The van der Waals surface area contributed by atoms with Crippen LogP contribution in [0.2, 0.25) is 0 Å². The number of hydrogen-bond donors (Lipinski definition) is 2. The van der Waals surface area contributed by atoms with Gasteiger partial charge in [0.15, 0.2) is 0 Å². The van der Waals surface area contributed by atoms with E-state index in [1.165, 1.54) is 24.0 Å². The van der Waals surface area contributed by atoms with E-state index in [9.17, 15) is 15.0 Å². The van der Waals surface area contributed by atoms with Crippen LogP contribution in [0.15, 0.2) is 23.8 Å². The lowest BCUT2D eigenvalue weighted by molar-refractivity contribution is -0.204. The Morgan fingerprint density at radius 3 is 2.36 bits per heavy atom. The van der Waals surface area contributed by atoms with Gasteiger partial charge >= 0.3 is 5.97 Å². The Kier molecular flexibility index (Phi) is 5.01. The number of rotatable bonds is 1. The Hall–Kier alpha value is -1.09. The third-order valence-corrected chi connectivity index (χ3v) is 13.0. The quantitative estimate of drug-likeness (QED) is 0.419. The Labute approximate surface area is 201 Å². The van der Waals surface area contributed by atoms with Crippen molar-refractivity contribution in [2.75, 3.05) is 0 Å². The molecule has 5 rings (SSSR count). The van der Waals surface area contributed by atoms with Crippen LogP contribution in [0.5, 0.6) is 0 Å². The second kappa shape index (κ2) is 6.99. The highest BCUT2D eigenvalue weighted by molar-refractivity contribution is 5.77. The van der Waals surface area contributed by atoms with Crippen LogP contribution >= 0.6 is 0 Å². The van der Waals surface area contributed by atoms with Gasteiger partial charge in [0.1, 0.15) is 0 Å². The molecule has 0 saturated heterocycles. The molecule has 184 valence electrons. The molecule has 3 nitrogen and oxygen atoms in total. The van der Waals surface area contributed by atoms with Crippen molar-refractivity contribution < 1.29 is 15.0 Å². The highest BCUT2D eigenvalue weighted by Crippen LogP contribution is 2.75. The molecule has 9 unspecified atom stereocenters. The predicted molar refractivity (Wildman–Crippen MR) is 133 cm³/mol. The van der Waals surface area contributed by atoms with Gasteiger partial charge in [0.25, 0.3) is 0 Å². The number of allylic oxidation sites excluding steroid dienone is 3. The molecule has 0 aromatic heterocycles. The lowest BCUT2D eigenvalue weighted by atomic mass is 9.33. The normalized spacial score (nSPS) is 53.1. The Balaban J connectivity index is 1.62. The number of carboxylic acid groups (broad SMARTS) is 1. The van der Waals surface area contributed by atoms with Crippen LogP contribution in [0.1, 0.15) is 99.3 Å². The Bertz CT molecular complexity index is 916. The molecular weight excluding hydrogens is 408 g/mol. The summed E-state index contributed by atoms with van der Waals surface area (Å²) in [5, 5.41) is 21.4. The van der Waals surface area contributed by atoms with Crippen LogP contribution in [0.4, 0.5) is 0 Å². The minimum atomic E-state index is -0.618. The minimum absolute atomic E-state index is 0.0413. The fourth-order valence-corrected chi connectivity index (χ4v) is 10.6. The van der Waals surface area contributed by atoms with Gasteiger partial charge in [0.2, 0.25) is 0 Å². The smallest absolute Gasteiger partial charge is 0.310 e. The van der Waals surface area contributed by atoms with E-state index in [2.05, 4.69) is 54.2 Å². The number of aliphatic hydroxyl groups is 1. The van der Waals surface area contributed by atoms with Crippen molar-refractivity contribution in [3.05, 3.63) is 23.8 Å². The first-order chi connectivity index (χ1) is 15.3. The van der Waals surface area contributed by atoms with E-state index in [4.69, 9.17) is 0 Å². The first-order valence-electron chi connectivity index (χ1n) is 13.6. The van der Waals surface area contributed by atoms with Crippen molar-refractivity contribution >= 4 is 5.97 Å². The van der Waals surface area contributed by atoms with E-state index in [-0.39, 0.29) is 39.6 Å². The second-order valence-corrected chi connectivity index (χ2v) is 14.1. The zero-order valence-corrected chi connectivity index (χ0v) is 21.8. The van der Waals surface area contributed by atoms with Gasteiger partial charge in [-0.15, -0.1) is 0 Å². The van der Waals surface area contributed by atoms with Gasteiger partial charge in [-0.2, -0.15) is 0 Å². The minimum Gasteiger partial charge on any atom is -0.481 e. The van der Waals surface area contributed by atoms with Crippen molar-refractivity contribution in [1.82, 2.24) is 0 Å². The van der Waals surface area contributed by atoms with Gasteiger partial charge in [-0.05, 0) is 97.2 Å². The first kappa shape index (κ1) is 23.6. The van der Waals surface area contributed by atoms with Crippen molar-refractivity contribution in [2.45, 2.75) is 105 Å². The third-order valence-electron chi connectivity index (χ3n) is 13.0. The van der Waals surface area contributed by atoms with Crippen LogP contribution in [0.3, 0.4) is 0 Å². The van der Waals surface area contributed by atoms with E-state index in [0.717, 1.165) is 44.9 Å². The van der Waals surface area contributed by atoms with Crippen molar-refractivity contribution in [2.24, 2.45) is 50.7 Å². The van der Waals surface area contributed by atoms with Gasteiger partial charge in [0, 0.05) is 5.92 Å². The summed E-state index contributed by atoms with van der Waals surface area (Å²) in [6, 6.07) is 0. The summed E-state index contributed by atoms with van der Waals surface area (Å²) < 4.78 is 0. The number of aliphatic hydroxyl groups excluding tert-OH is 1. The average Bonchev–Trinajstić information content (AvgIpc) is 2.74. The molecule has 5 aliphatic carbocycles. The molecule has 0 aromatic rings. The fraction of sp³-hybridized carbons (Fsp3) is 0.833. The highest BCUT2D eigenvalue weighted by atomic mass is 16.4. The van der Waals surface area contributed by atoms with Crippen LogP contribution < -0.4 is 0 Å². The summed E-state index contributed by atoms with van der Waals surface area (Å²) in [5.74, 6) is 0.865. The van der Waals surface area contributed by atoms with Gasteiger partial charge in [-0.1, -0.05) is 65.3 Å². The lowest BCUT2D eigenvalue weighted by Crippen LogP contribution is -2.65. The van der Waals surface area contributed by atoms with Gasteiger partial charge < -0.3 is 10.2 Å². The number of fused-ring (bicyclic) bond motifs is 7. The summed E-state index contributed by atoms with van der Waals surface area (Å²) in [6.07, 6.45) is 11.1. The van der Waals surface area contributed by atoms with Crippen LogP contribution in [0, 0.1) is 50.7 Å². The van der Waals surface area contributed by atoms with E-state index < -0.39 is 11.4 Å². The van der Waals surface area contributed by atoms with Crippen molar-refractivity contribution in [3.63, 3.8) is 0 Å². The predicted octanol–water partition coefficient (Wildman–Crippen LogP) is 7.01. The van der Waals surface area contributed by atoms with Crippen LogP contribution in [0.25, 0.3) is 0 Å². The molecule has 0 radical (unpaired) electrons. The number of carboxylic acids is 1. The molecular formula is C30H46O3. The molecule has 33 heavy (non-hydrogen) atoms. The zero-order chi connectivity index (χ0) is 24.2. The summed E-state index contributed by atoms with van der Waals surface area (Å²) >= 11 is 0. The van der Waals surface area contributed by atoms with Gasteiger partial charge in [0.05, 0.1) is 11.5 Å². The van der Waals surface area contributed by atoms with Crippen LogP contribution in [-0.4, -0.2) is 22.3 Å². The molecule has 0 amide bonds. The van der Waals surface area contributed by atoms with Gasteiger partial charge in [-0.25, -0.2) is 0 Å². The standard InChI is InChI=1S/C30H46O3/c1-18-10-15-30(25(32)33)17-16-28(6)20(24(30)19(18)2)8-9-22-27(5)13-12-23(31)26(3,4)21(27)11-14-29(22,28)7/h8,19,21-24,31H,1,9-17H2,2-7H3,(H,32,33). The van der Waals surface area contributed by atoms with E-state index in [1.807, 2.05) is 0 Å². The molecule has 3 heteroatoms. The topological polar surface area (TPSA) is 57.5 Å². The lowest BCUT2D eigenvalue weighted by Gasteiger charge is -2.71. The number of carbonyl (C=O) groups is 1. The molecule has 0 bridgehead atoms. The maximum atomic E-state index is 12.8. The third kappa shape index (κ3) is 2.69. The molecule has 2 N–H and O–H groups in total. The summed E-state index contributed by atoms with van der Waals surface area (Å²) in [4.78, 5) is 12.8. The average molecular weight is 455 g/mol. The first-order valence-corrected chi connectivity index (χ1v) is 13.6. The van der Waals surface area contributed by atoms with Crippen LogP contribution in [-0.2, 0) is 4.79 Å². The monoisotopic (exact) mass is 454 g/mol. The molecule has 9 atom stereocenters. The van der Waals surface area contributed by atoms with E-state index in [0.29, 0.717) is 11.8 Å². The molecule has 0 aromatic carbocycles. The molecule has 0 aliphatic heterocycles. The maximum Gasteiger partial charge on any atom is 0.310 e. The largest absolute Gasteiger partial charge is 0.481 e. The van der Waals surface area contributed by atoms with E-state index >= 15 is 0 Å². The SMILES string of the molecule is C=C1CCC2(C(=O)O)CCC3(C)C(=CCC4C5(C)CCC(O)C(C)(C)C5CCC43C)C2C1C. The molecule has 0 spiro atoms. The summed E-state index contributed by atoms with van der Waals surface area (Å²) in [6.45, 7) is 18.8. The Morgan fingerprint density at radius 2 is 1.70 bits per heavy atom. The Morgan fingerprint density at radius 1 is 1.00 bits per heavy atom. The second-order valence-electron chi connectivity index (χ2n) is 14.1. The number of aliphatic carboxylic acids is 1. The fourth-order valence-electron chi connectivity index (χ4n) is 10.6. The maximum absolute atomic E-state index is 12.8. The molecule has 0 heterocycles. The van der Waals surface area contributed by atoms with Crippen molar-refractivity contribution in [3.8, 4) is 0 Å². The summed E-state index contributed by atoms with van der Waals surface area (Å²) in [7, 11) is 0. The van der Waals surface area contributed by atoms with Crippen molar-refractivity contribution in [1.29, 1.82) is 0 Å².